The third-order valence-electron chi connectivity index (χ3n) is 4.88. The Morgan fingerprint density at radius 2 is 1.74 bits per heavy atom. The number of nitrogens with zero attached hydrogens (tertiary/aromatic N) is 3. The molecular weight excluding hydrogens is 368 g/mol. The first-order valence-corrected chi connectivity index (χ1v) is 10.7. The maximum absolute atomic E-state index is 13.0. The van der Waals surface area contributed by atoms with E-state index >= 15 is 0 Å². The highest BCUT2D eigenvalue weighted by Gasteiger charge is 2.32. The number of hydrazine groups is 1. The lowest BCUT2D eigenvalue weighted by atomic mass is 10.2. The molecule has 1 amide bonds. The van der Waals surface area contributed by atoms with Crippen LogP contribution in [0.2, 0.25) is 0 Å². The minimum atomic E-state index is -3.67. The van der Waals surface area contributed by atoms with Crippen molar-refractivity contribution in [1.29, 1.82) is 0 Å². The molecule has 0 aromatic heterocycles. The van der Waals surface area contributed by atoms with E-state index in [0.717, 1.165) is 26.2 Å². The maximum atomic E-state index is 13.0. The fourth-order valence-electron chi connectivity index (χ4n) is 3.40. The van der Waals surface area contributed by atoms with Gasteiger partial charge in [0.05, 0.1) is 17.1 Å². The van der Waals surface area contributed by atoms with Crippen molar-refractivity contribution in [2.24, 2.45) is 0 Å². The fourth-order valence-corrected chi connectivity index (χ4v) is 5.04. The van der Waals surface area contributed by atoms with E-state index in [1.165, 1.54) is 16.4 Å². The number of rotatable bonds is 4. The van der Waals surface area contributed by atoms with E-state index in [4.69, 9.17) is 4.74 Å². The van der Waals surface area contributed by atoms with Crippen molar-refractivity contribution in [2.45, 2.75) is 31.0 Å². The van der Waals surface area contributed by atoms with E-state index in [-0.39, 0.29) is 23.0 Å². The molecule has 2 fully saturated rings. The Balaban J connectivity index is 1.73. The highest BCUT2D eigenvalue weighted by molar-refractivity contribution is 7.89. The van der Waals surface area contributed by atoms with Gasteiger partial charge in [-0.05, 0) is 39.1 Å². The van der Waals surface area contributed by atoms with Gasteiger partial charge >= 0.3 is 0 Å². The van der Waals surface area contributed by atoms with Crippen LogP contribution in [0.5, 0.6) is 0 Å². The lowest BCUT2D eigenvalue weighted by Crippen LogP contribution is -2.52. The van der Waals surface area contributed by atoms with Crippen molar-refractivity contribution < 1.29 is 17.9 Å². The number of carbonyl (C=O) groups is 1. The van der Waals surface area contributed by atoms with E-state index in [2.05, 4.69) is 10.3 Å². The molecule has 0 spiro atoms. The number of nitrogens with one attached hydrogen (secondary N) is 1. The smallest absolute Gasteiger partial charge is 0.265 e. The zero-order chi connectivity index (χ0) is 19.6. The van der Waals surface area contributed by atoms with Crippen LogP contribution in [0.4, 0.5) is 0 Å². The maximum Gasteiger partial charge on any atom is 0.265 e. The average molecular weight is 397 g/mol. The van der Waals surface area contributed by atoms with Gasteiger partial charge in [-0.3, -0.25) is 10.2 Å². The molecule has 0 unspecified atom stereocenters. The molecule has 2 aliphatic heterocycles. The van der Waals surface area contributed by atoms with E-state index in [0.29, 0.717) is 18.7 Å². The molecule has 27 heavy (non-hydrogen) atoms. The lowest BCUT2D eigenvalue weighted by Gasteiger charge is -2.34. The molecule has 0 aliphatic carbocycles. The van der Waals surface area contributed by atoms with Crippen molar-refractivity contribution in [3.63, 3.8) is 0 Å². The van der Waals surface area contributed by atoms with Gasteiger partial charge < -0.3 is 9.64 Å². The molecule has 1 N–H and O–H groups in total. The van der Waals surface area contributed by atoms with Gasteiger partial charge in [-0.15, -0.1) is 0 Å². The quantitative estimate of drug-likeness (QED) is 0.792. The summed E-state index contributed by atoms with van der Waals surface area (Å²) in [6.45, 7) is 7.57. The van der Waals surface area contributed by atoms with Gasteiger partial charge in [0.1, 0.15) is 0 Å². The number of morpholine rings is 1. The topological polar surface area (TPSA) is 82.2 Å². The van der Waals surface area contributed by atoms with Gasteiger partial charge in [0.25, 0.3) is 5.91 Å². The van der Waals surface area contributed by atoms with Gasteiger partial charge in [-0.25, -0.2) is 13.4 Å². The molecule has 0 radical (unpaired) electrons. The van der Waals surface area contributed by atoms with E-state index < -0.39 is 10.0 Å². The van der Waals surface area contributed by atoms with E-state index in [1.807, 2.05) is 25.9 Å². The molecule has 2 atom stereocenters. The van der Waals surface area contributed by atoms with Crippen LogP contribution in [0.15, 0.2) is 29.2 Å². The van der Waals surface area contributed by atoms with Crippen LogP contribution < -0.4 is 5.43 Å². The van der Waals surface area contributed by atoms with Crippen LogP contribution in [0.3, 0.4) is 0 Å². The second-order valence-corrected chi connectivity index (χ2v) is 9.28. The average Bonchev–Trinajstić information content (AvgIpc) is 2.63. The first kappa shape index (κ1) is 20.2. The predicted octanol–water partition coefficient (Wildman–Crippen LogP) is 0.377. The third-order valence-corrected chi connectivity index (χ3v) is 6.71. The summed E-state index contributed by atoms with van der Waals surface area (Å²) in [6, 6.07) is 6.23. The second-order valence-electron chi connectivity index (χ2n) is 7.34. The Morgan fingerprint density at radius 3 is 2.37 bits per heavy atom. The lowest BCUT2D eigenvalue weighted by molar-refractivity contribution is -0.0440. The third kappa shape index (κ3) is 4.85. The van der Waals surface area contributed by atoms with Crippen molar-refractivity contribution in [3.8, 4) is 0 Å². The van der Waals surface area contributed by atoms with Crippen LogP contribution in [0.25, 0.3) is 0 Å². The van der Waals surface area contributed by atoms with Gasteiger partial charge in [0.2, 0.25) is 10.0 Å². The molecular formula is C18H28N4O4S. The molecule has 0 saturated carbocycles. The number of hydrogen-bond donors (Lipinski definition) is 1. The Morgan fingerprint density at radius 1 is 1.11 bits per heavy atom. The summed E-state index contributed by atoms with van der Waals surface area (Å²) in [6.07, 6.45) is -0.320. The van der Waals surface area contributed by atoms with E-state index in [9.17, 15) is 13.2 Å². The number of likely N-dealkylation sites (N-methyl/N-ethyl adjacent to an activating group) is 1. The number of carbonyl (C=O) groups excluding carboxylic acids is 1. The summed E-state index contributed by atoms with van der Waals surface area (Å²) in [5.74, 6) is -0.291. The molecule has 3 rings (SSSR count). The molecule has 2 saturated heterocycles. The monoisotopic (exact) mass is 396 g/mol. The summed E-state index contributed by atoms with van der Waals surface area (Å²) in [5, 5.41) is 1.87. The molecule has 150 valence electrons. The highest BCUT2D eigenvalue weighted by atomic mass is 32.2. The number of benzene rings is 1. The minimum absolute atomic E-state index is 0.134. The van der Waals surface area contributed by atoms with Crippen LogP contribution in [-0.4, -0.2) is 87.1 Å². The standard InChI is InChI=1S/C18H28N4O4S/c1-14-12-22(13-15(2)26-14)27(24,25)17-6-4-5-16(11-17)18(23)19-21-9-7-20(3)8-10-21/h4-6,11,14-15H,7-10,12-13H2,1-3H3,(H,19,23)/t14-,15-/m1/s1. The Labute approximate surface area is 161 Å². The van der Waals surface area contributed by atoms with Crippen molar-refractivity contribution in [3.05, 3.63) is 29.8 Å². The number of piperazine rings is 1. The SMILES string of the molecule is C[C@@H]1CN(S(=O)(=O)c2cccc(C(=O)NN3CCN(C)CC3)c2)C[C@@H](C)O1. The Kier molecular flexibility index (Phi) is 6.17. The minimum Gasteiger partial charge on any atom is -0.373 e. The van der Waals surface area contributed by atoms with Crippen LogP contribution in [-0.2, 0) is 14.8 Å². The fraction of sp³-hybridized carbons (Fsp3) is 0.611. The summed E-state index contributed by atoms with van der Waals surface area (Å²) >= 11 is 0. The largest absolute Gasteiger partial charge is 0.373 e. The first-order valence-electron chi connectivity index (χ1n) is 9.26. The summed E-state index contributed by atoms with van der Waals surface area (Å²) < 4.78 is 33.1. The predicted molar refractivity (Wildman–Crippen MR) is 102 cm³/mol. The molecule has 2 heterocycles. The van der Waals surface area contributed by atoms with Crippen molar-refractivity contribution in [2.75, 3.05) is 46.3 Å². The van der Waals surface area contributed by atoms with Crippen LogP contribution in [0, 0.1) is 0 Å². The Bertz CT molecular complexity index is 767. The molecule has 1 aromatic rings. The normalized spacial score (nSPS) is 26.0. The van der Waals surface area contributed by atoms with Crippen molar-refractivity contribution >= 4 is 15.9 Å². The first-order chi connectivity index (χ1) is 12.8. The Hall–Kier alpha value is -1.52. The highest BCUT2D eigenvalue weighted by Crippen LogP contribution is 2.22. The molecule has 0 bridgehead atoms. The van der Waals surface area contributed by atoms with Crippen LogP contribution in [0.1, 0.15) is 24.2 Å². The molecule has 8 nitrogen and oxygen atoms in total. The second kappa shape index (κ2) is 8.24. The van der Waals surface area contributed by atoms with Crippen LogP contribution >= 0.6 is 0 Å². The summed E-state index contributed by atoms with van der Waals surface area (Å²) in [5.41, 5.74) is 3.20. The number of amides is 1. The van der Waals surface area contributed by atoms with Gasteiger partial charge in [-0.2, -0.15) is 4.31 Å². The zero-order valence-corrected chi connectivity index (χ0v) is 16.9. The van der Waals surface area contributed by atoms with E-state index in [1.54, 1.807) is 12.1 Å². The molecule has 2 aliphatic rings. The molecule has 9 heteroatoms. The number of sulfonamides is 1. The summed E-state index contributed by atoms with van der Waals surface area (Å²) in [7, 11) is -1.63. The zero-order valence-electron chi connectivity index (χ0n) is 16.1. The van der Waals surface area contributed by atoms with Crippen molar-refractivity contribution in [1.82, 2.24) is 19.6 Å². The number of ether oxygens (including phenoxy) is 1. The van der Waals surface area contributed by atoms with Gasteiger partial charge in [0, 0.05) is 44.8 Å². The van der Waals surface area contributed by atoms with Gasteiger partial charge in [0.15, 0.2) is 0 Å². The van der Waals surface area contributed by atoms with Gasteiger partial charge in [-0.1, -0.05) is 6.07 Å². The number of hydrogen-bond acceptors (Lipinski definition) is 6. The summed E-state index contributed by atoms with van der Waals surface area (Å²) in [4.78, 5) is 14.9. The molecule has 1 aromatic carbocycles.